The van der Waals surface area contributed by atoms with Gasteiger partial charge in [0.05, 0.1) is 16.0 Å². The van der Waals surface area contributed by atoms with Gasteiger partial charge in [0.1, 0.15) is 0 Å². The van der Waals surface area contributed by atoms with Gasteiger partial charge in [0.15, 0.2) is 0 Å². The van der Waals surface area contributed by atoms with Gasteiger partial charge in [-0.1, -0.05) is 0 Å². The van der Waals surface area contributed by atoms with Crippen LogP contribution in [0.4, 0.5) is 26.3 Å². The van der Waals surface area contributed by atoms with E-state index in [0.717, 1.165) is 14.1 Å². The molecule has 0 saturated heterocycles. The zero-order valence-electron chi connectivity index (χ0n) is 10.2. The summed E-state index contributed by atoms with van der Waals surface area (Å²) in [6.07, 6.45) is -10.2. The van der Waals surface area contributed by atoms with Crippen molar-refractivity contribution < 1.29 is 34.8 Å². The minimum Gasteiger partial charge on any atom is -0.207 e. The molecule has 1 aromatic carbocycles. The Balaban J connectivity index is 3.64. The fourth-order valence-electron chi connectivity index (χ4n) is 1.29. The van der Waals surface area contributed by atoms with Gasteiger partial charge in [0.25, 0.3) is 0 Å². The van der Waals surface area contributed by atoms with Gasteiger partial charge in [-0.2, -0.15) is 26.3 Å². The molecule has 0 fully saturated rings. The Kier molecular flexibility index (Phi) is 4.12. The lowest BCUT2D eigenvalue weighted by Gasteiger charge is -2.16. The molecule has 0 aliphatic heterocycles. The normalized spacial score (nSPS) is 13.8. The van der Waals surface area contributed by atoms with Gasteiger partial charge in [-0.3, -0.25) is 0 Å². The first-order valence-electron chi connectivity index (χ1n) is 4.98. The van der Waals surface area contributed by atoms with Crippen LogP contribution in [0.15, 0.2) is 23.1 Å². The topological polar surface area (TPSA) is 37.4 Å². The van der Waals surface area contributed by atoms with E-state index < -0.39 is 38.4 Å². The number of hydrogen-bond acceptors (Lipinski definition) is 2. The van der Waals surface area contributed by atoms with E-state index in [1.54, 1.807) is 0 Å². The minimum atomic E-state index is -5.09. The molecule has 20 heavy (non-hydrogen) atoms. The molecule has 1 rings (SSSR count). The third-order valence-electron chi connectivity index (χ3n) is 2.34. The second-order valence-corrected chi connectivity index (χ2v) is 6.18. The lowest BCUT2D eigenvalue weighted by molar-refractivity contribution is -0.143. The van der Waals surface area contributed by atoms with E-state index >= 15 is 0 Å². The van der Waals surface area contributed by atoms with Crippen molar-refractivity contribution in [2.45, 2.75) is 17.2 Å². The molecule has 0 aliphatic carbocycles. The number of sulfonamides is 1. The van der Waals surface area contributed by atoms with Crippen LogP contribution in [0.5, 0.6) is 0 Å². The molecule has 0 spiro atoms. The molecule has 0 bridgehead atoms. The molecule has 0 unspecified atom stereocenters. The first kappa shape index (κ1) is 16.8. The molecule has 3 nitrogen and oxygen atoms in total. The number of halogens is 6. The summed E-state index contributed by atoms with van der Waals surface area (Å²) >= 11 is 0. The van der Waals surface area contributed by atoms with Crippen LogP contribution in [0, 0.1) is 0 Å². The summed E-state index contributed by atoms with van der Waals surface area (Å²) in [6.45, 7) is 0. The van der Waals surface area contributed by atoms with Crippen LogP contribution in [-0.2, 0) is 22.4 Å². The number of benzene rings is 1. The molecule has 0 N–H and O–H groups in total. The summed E-state index contributed by atoms with van der Waals surface area (Å²) in [6, 6.07) is 0.212. The zero-order valence-corrected chi connectivity index (χ0v) is 11.0. The highest BCUT2D eigenvalue weighted by molar-refractivity contribution is 7.89. The Morgan fingerprint density at radius 1 is 0.850 bits per heavy atom. The Morgan fingerprint density at radius 2 is 1.20 bits per heavy atom. The second kappa shape index (κ2) is 4.92. The SMILES string of the molecule is CN(C)S(=O)(=O)c1cc(C(F)(F)F)cc(C(F)(F)F)c1. The fourth-order valence-corrected chi connectivity index (χ4v) is 2.26. The molecular formula is C10H9F6NO2S. The first-order chi connectivity index (χ1) is 8.76. The van der Waals surface area contributed by atoms with Crippen LogP contribution in [-0.4, -0.2) is 26.8 Å². The van der Waals surface area contributed by atoms with Crippen molar-refractivity contribution >= 4 is 10.0 Å². The van der Waals surface area contributed by atoms with Crippen molar-refractivity contribution in [1.29, 1.82) is 0 Å². The maximum atomic E-state index is 12.5. The Morgan fingerprint density at radius 3 is 1.45 bits per heavy atom. The van der Waals surface area contributed by atoms with E-state index in [9.17, 15) is 34.8 Å². The quantitative estimate of drug-likeness (QED) is 0.786. The Bertz CT molecular complexity index is 571. The van der Waals surface area contributed by atoms with Gasteiger partial charge >= 0.3 is 12.4 Å². The number of nitrogens with zero attached hydrogens (tertiary/aromatic N) is 1. The molecule has 1 aromatic rings. The molecule has 0 saturated carbocycles. The van der Waals surface area contributed by atoms with Crippen molar-refractivity contribution in [3.63, 3.8) is 0 Å². The van der Waals surface area contributed by atoms with Crippen LogP contribution < -0.4 is 0 Å². The third kappa shape index (κ3) is 3.42. The summed E-state index contributed by atoms with van der Waals surface area (Å²) in [7, 11) is -2.40. The monoisotopic (exact) mass is 321 g/mol. The van der Waals surface area contributed by atoms with Crippen LogP contribution in [0.1, 0.15) is 11.1 Å². The van der Waals surface area contributed by atoms with E-state index in [2.05, 4.69) is 0 Å². The maximum Gasteiger partial charge on any atom is 0.416 e. The molecule has 0 aliphatic rings. The average Bonchev–Trinajstić information content (AvgIpc) is 2.25. The Hall–Kier alpha value is -1.29. The zero-order chi connectivity index (χ0) is 15.9. The molecule has 114 valence electrons. The second-order valence-electron chi connectivity index (χ2n) is 4.03. The van der Waals surface area contributed by atoms with E-state index in [0.29, 0.717) is 4.31 Å². The Labute approximate surface area is 110 Å². The predicted octanol–water partition coefficient (Wildman–Crippen LogP) is 2.97. The smallest absolute Gasteiger partial charge is 0.207 e. The van der Waals surface area contributed by atoms with Crippen molar-refractivity contribution in [2.24, 2.45) is 0 Å². The van der Waals surface area contributed by atoms with Gasteiger partial charge in [0, 0.05) is 14.1 Å². The summed E-state index contributed by atoms with van der Waals surface area (Å²) in [5.74, 6) is 0. The summed E-state index contributed by atoms with van der Waals surface area (Å²) in [5.41, 5.74) is -3.35. The third-order valence-corrected chi connectivity index (χ3v) is 4.13. The molecule has 0 aromatic heterocycles. The van der Waals surface area contributed by atoms with Crippen LogP contribution >= 0.6 is 0 Å². The first-order valence-corrected chi connectivity index (χ1v) is 6.42. The molecule has 0 atom stereocenters. The van der Waals surface area contributed by atoms with Crippen LogP contribution in [0.2, 0.25) is 0 Å². The molecule has 0 radical (unpaired) electrons. The highest BCUT2D eigenvalue weighted by Gasteiger charge is 2.38. The van der Waals surface area contributed by atoms with Gasteiger partial charge in [-0.15, -0.1) is 0 Å². The van der Waals surface area contributed by atoms with Crippen molar-refractivity contribution in [2.75, 3.05) is 14.1 Å². The summed E-state index contributed by atoms with van der Waals surface area (Å²) in [4.78, 5) is -1.07. The molecular weight excluding hydrogens is 312 g/mol. The lowest BCUT2D eigenvalue weighted by atomic mass is 10.1. The van der Waals surface area contributed by atoms with Crippen LogP contribution in [0.3, 0.4) is 0 Å². The van der Waals surface area contributed by atoms with Gasteiger partial charge in [0.2, 0.25) is 10.0 Å². The van der Waals surface area contributed by atoms with Crippen molar-refractivity contribution in [1.82, 2.24) is 4.31 Å². The molecule has 0 amide bonds. The van der Waals surface area contributed by atoms with E-state index in [1.807, 2.05) is 0 Å². The van der Waals surface area contributed by atoms with Gasteiger partial charge in [-0.05, 0) is 18.2 Å². The van der Waals surface area contributed by atoms with Crippen LogP contribution in [0.25, 0.3) is 0 Å². The highest BCUT2D eigenvalue weighted by atomic mass is 32.2. The number of hydrogen-bond donors (Lipinski definition) is 0. The van der Waals surface area contributed by atoms with E-state index in [4.69, 9.17) is 0 Å². The minimum absolute atomic E-state index is 0.130. The van der Waals surface area contributed by atoms with E-state index in [-0.39, 0.29) is 18.2 Å². The van der Waals surface area contributed by atoms with E-state index in [1.165, 1.54) is 0 Å². The molecule has 0 heterocycles. The van der Waals surface area contributed by atoms with Gasteiger partial charge < -0.3 is 0 Å². The predicted molar refractivity (Wildman–Crippen MR) is 57.3 cm³/mol. The lowest BCUT2D eigenvalue weighted by Crippen LogP contribution is -2.23. The largest absolute Gasteiger partial charge is 0.416 e. The summed E-state index contributed by atoms with van der Waals surface area (Å²) < 4.78 is 99.2. The average molecular weight is 321 g/mol. The number of rotatable bonds is 2. The van der Waals surface area contributed by atoms with Crippen molar-refractivity contribution in [3.05, 3.63) is 29.3 Å². The van der Waals surface area contributed by atoms with Gasteiger partial charge in [-0.25, -0.2) is 12.7 Å². The maximum absolute atomic E-state index is 12.5. The molecule has 10 heteroatoms. The summed E-state index contributed by atoms with van der Waals surface area (Å²) in [5, 5.41) is 0. The standard InChI is InChI=1S/C10H9F6NO2S/c1-17(2)20(18,19)8-4-6(9(11,12)13)3-7(5-8)10(14,15)16/h3-5H,1-2H3. The van der Waals surface area contributed by atoms with Crippen molar-refractivity contribution in [3.8, 4) is 0 Å². The highest BCUT2D eigenvalue weighted by Crippen LogP contribution is 2.37. The number of alkyl halides is 6. The fraction of sp³-hybridized carbons (Fsp3) is 0.400.